The Hall–Kier alpha value is -1.44. The van der Waals surface area contributed by atoms with Crippen molar-refractivity contribution in [2.45, 2.75) is 32.0 Å². The van der Waals surface area contributed by atoms with Crippen LogP contribution < -0.4 is 0 Å². The highest BCUT2D eigenvalue weighted by molar-refractivity contribution is 5.04. The standard InChI is InChI=1S/C14H20N4/c1-12-9-18(10-13-5-3-4-8-16-13)14(6-7-15)11-17(12)2/h3-5,8,12,14H,6,9-11H2,1-2H3. The zero-order chi connectivity index (χ0) is 13.0. The second-order valence-corrected chi connectivity index (χ2v) is 5.06. The average molecular weight is 244 g/mol. The molecule has 0 N–H and O–H groups in total. The lowest BCUT2D eigenvalue weighted by Gasteiger charge is -2.43. The van der Waals surface area contributed by atoms with Crippen LogP contribution in [-0.2, 0) is 6.54 Å². The molecule has 4 nitrogen and oxygen atoms in total. The SMILES string of the molecule is CC1CN(Cc2ccccn2)C(CC#N)CN1C. The quantitative estimate of drug-likeness (QED) is 0.808. The number of pyridine rings is 1. The fourth-order valence-electron chi connectivity index (χ4n) is 2.45. The lowest BCUT2D eigenvalue weighted by Crippen LogP contribution is -2.55. The molecule has 18 heavy (non-hydrogen) atoms. The first kappa shape index (κ1) is 13.0. The van der Waals surface area contributed by atoms with Crippen molar-refractivity contribution < 1.29 is 0 Å². The van der Waals surface area contributed by atoms with Crippen LogP contribution in [0.5, 0.6) is 0 Å². The van der Waals surface area contributed by atoms with E-state index in [4.69, 9.17) is 5.26 Å². The molecule has 1 fully saturated rings. The highest BCUT2D eigenvalue weighted by Crippen LogP contribution is 2.18. The van der Waals surface area contributed by atoms with E-state index in [0.717, 1.165) is 25.3 Å². The molecular formula is C14H20N4. The maximum absolute atomic E-state index is 8.94. The van der Waals surface area contributed by atoms with Crippen LogP contribution in [0.4, 0.5) is 0 Å². The maximum atomic E-state index is 8.94. The van der Waals surface area contributed by atoms with E-state index in [1.807, 2.05) is 24.4 Å². The summed E-state index contributed by atoms with van der Waals surface area (Å²) in [6.07, 6.45) is 2.41. The van der Waals surface area contributed by atoms with Gasteiger partial charge in [0.05, 0.1) is 18.2 Å². The Balaban J connectivity index is 2.06. The van der Waals surface area contributed by atoms with Gasteiger partial charge in [-0.3, -0.25) is 9.88 Å². The zero-order valence-corrected chi connectivity index (χ0v) is 11.1. The number of hydrogen-bond acceptors (Lipinski definition) is 4. The van der Waals surface area contributed by atoms with Gasteiger partial charge in [0.2, 0.25) is 0 Å². The van der Waals surface area contributed by atoms with Crippen molar-refractivity contribution in [2.75, 3.05) is 20.1 Å². The van der Waals surface area contributed by atoms with Crippen molar-refractivity contribution in [1.29, 1.82) is 5.26 Å². The molecule has 1 aliphatic heterocycles. The number of piperazine rings is 1. The van der Waals surface area contributed by atoms with Gasteiger partial charge in [0.25, 0.3) is 0 Å². The van der Waals surface area contributed by atoms with Crippen LogP contribution in [0.2, 0.25) is 0 Å². The van der Waals surface area contributed by atoms with Crippen LogP contribution in [0.15, 0.2) is 24.4 Å². The molecule has 0 bridgehead atoms. The summed E-state index contributed by atoms with van der Waals surface area (Å²) in [7, 11) is 2.13. The molecular weight excluding hydrogens is 224 g/mol. The van der Waals surface area contributed by atoms with Gasteiger partial charge in [-0.1, -0.05) is 6.07 Å². The summed E-state index contributed by atoms with van der Waals surface area (Å²) in [4.78, 5) is 9.09. The molecule has 0 spiro atoms. The Morgan fingerprint density at radius 3 is 2.94 bits per heavy atom. The summed E-state index contributed by atoms with van der Waals surface area (Å²) in [6, 6.07) is 9.15. The second kappa shape index (κ2) is 5.94. The summed E-state index contributed by atoms with van der Waals surface area (Å²) < 4.78 is 0. The van der Waals surface area contributed by atoms with E-state index in [-0.39, 0.29) is 0 Å². The Morgan fingerprint density at radius 2 is 2.28 bits per heavy atom. The summed E-state index contributed by atoms with van der Waals surface area (Å²) in [6.45, 7) is 5.03. The summed E-state index contributed by atoms with van der Waals surface area (Å²) in [5.41, 5.74) is 1.08. The third-order valence-electron chi connectivity index (χ3n) is 3.68. The summed E-state index contributed by atoms with van der Waals surface area (Å²) in [5.74, 6) is 0. The van der Waals surface area contributed by atoms with Crippen molar-refractivity contribution in [3.8, 4) is 6.07 Å². The van der Waals surface area contributed by atoms with Gasteiger partial charge in [-0.25, -0.2) is 0 Å². The van der Waals surface area contributed by atoms with Crippen LogP contribution >= 0.6 is 0 Å². The van der Waals surface area contributed by atoms with Crippen molar-refractivity contribution in [2.24, 2.45) is 0 Å². The maximum Gasteiger partial charge on any atom is 0.0638 e. The predicted molar refractivity (Wildman–Crippen MR) is 70.8 cm³/mol. The van der Waals surface area contributed by atoms with Gasteiger partial charge in [-0.2, -0.15) is 5.26 Å². The normalized spacial score (nSPS) is 25.8. The molecule has 96 valence electrons. The number of likely N-dealkylation sites (N-methyl/N-ethyl adjacent to an activating group) is 1. The first-order valence-electron chi connectivity index (χ1n) is 6.42. The van der Waals surface area contributed by atoms with E-state index in [9.17, 15) is 0 Å². The largest absolute Gasteiger partial charge is 0.301 e. The minimum Gasteiger partial charge on any atom is -0.301 e. The van der Waals surface area contributed by atoms with Gasteiger partial charge in [-0.05, 0) is 26.1 Å². The fourth-order valence-corrected chi connectivity index (χ4v) is 2.45. The second-order valence-electron chi connectivity index (χ2n) is 5.06. The molecule has 1 aliphatic rings. The minimum absolute atomic E-state index is 0.318. The van der Waals surface area contributed by atoms with Gasteiger partial charge in [0.1, 0.15) is 0 Å². The Labute approximate surface area is 109 Å². The highest BCUT2D eigenvalue weighted by atomic mass is 15.3. The van der Waals surface area contributed by atoms with Gasteiger partial charge < -0.3 is 4.90 Å². The van der Waals surface area contributed by atoms with E-state index >= 15 is 0 Å². The van der Waals surface area contributed by atoms with Gasteiger partial charge >= 0.3 is 0 Å². The molecule has 1 saturated heterocycles. The van der Waals surface area contributed by atoms with Crippen molar-refractivity contribution in [3.63, 3.8) is 0 Å². The summed E-state index contributed by atoms with van der Waals surface area (Å²) in [5, 5.41) is 8.94. The van der Waals surface area contributed by atoms with E-state index < -0.39 is 0 Å². The number of rotatable bonds is 3. The van der Waals surface area contributed by atoms with Gasteiger partial charge in [-0.15, -0.1) is 0 Å². The molecule has 4 heteroatoms. The lowest BCUT2D eigenvalue weighted by atomic mass is 10.1. The smallest absolute Gasteiger partial charge is 0.0638 e. The Kier molecular flexibility index (Phi) is 4.29. The van der Waals surface area contributed by atoms with Gasteiger partial charge in [0, 0.05) is 37.9 Å². The lowest BCUT2D eigenvalue weighted by molar-refractivity contribution is 0.0472. The van der Waals surface area contributed by atoms with Crippen LogP contribution in [0.3, 0.4) is 0 Å². The third-order valence-corrected chi connectivity index (χ3v) is 3.68. The van der Waals surface area contributed by atoms with E-state index in [2.05, 4.69) is 34.8 Å². The molecule has 0 aliphatic carbocycles. The zero-order valence-electron chi connectivity index (χ0n) is 11.1. The van der Waals surface area contributed by atoms with E-state index in [0.29, 0.717) is 18.5 Å². The van der Waals surface area contributed by atoms with Crippen LogP contribution in [-0.4, -0.2) is 47.0 Å². The number of hydrogen-bond donors (Lipinski definition) is 0. The predicted octanol–water partition coefficient (Wildman–Crippen LogP) is 1.50. The van der Waals surface area contributed by atoms with Crippen LogP contribution in [0, 0.1) is 11.3 Å². The molecule has 2 rings (SSSR count). The molecule has 0 radical (unpaired) electrons. The third kappa shape index (κ3) is 3.06. The number of nitriles is 1. The molecule has 2 unspecified atom stereocenters. The van der Waals surface area contributed by atoms with E-state index in [1.54, 1.807) is 0 Å². The van der Waals surface area contributed by atoms with Crippen LogP contribution in [0.1, 0.15) is 19.0 Å². The molecule has 1 aromatic heterocycles. The molecule has 2 heterocycles. The average Bonchev–Trinajstić information content (AvgIpc) is 2.37. The molecule has 0 saturated carbocycles. The first-order chi connectivity index (χ1) is 8.70. The number of aromatic nitrogens is 1. The Morgan fingerprint density at radius 1 is 1.44 bits per heavy atom. The Bertz CT molecular complexity index is 412. The van der Waals surface area contributed by atoms with Crippen molar-refractivity contribution in [1.82, 2.24) is 14.8 Å². The van der Waals surface area contributed by atoms with Crippen molar-refractivity contribution in [3.05, 3.63) is 30.1 Å². The first-order valence-corrected chi connectivity index (χ1v) is 6.42. The van der Waals surface area contributed by atoms with Crippen molar-refractivity contribution >= 4 is 0 Å². The van der Waals surface area contributed by atoms with Gasteiger partial charge in [0.15, 0.2) is 0 Å². The monoisotopic (exact) mass is 244 g/mol. The topological polar surface area (TPSA) is 43.2 Å². The summed E-state index contributed by atoms with van der Waals surface area (Å²) >= 11 is 0. The van der Waals surface area contributed by atoms with Crippen LogP contribution in [0.25, 0.3) is 0 Å². The molecule has 0 amide bonds. The van der Waals surface area contributed by atoms with E-state index in [1.165, 1.54) is 0 Å². The minimum atomic E-state index is 0.318. The number of nitrogens with zero attached hydrogens (tertiary/aromatic N) is 4. The molecule has 1 aromatic rings. The fraction of sp³-hybridized carbons (Fsp3) is 0.571. The molecule has 0 aromatic carbocycles. The molecule has 2 atom stereocenters. The highest BCUT2D eigenvalue weighted by Gasteiger charge is 2.29.